The van der Waals surface area contributed by atoms with Crippen LogP contribution in [-0.2, 0) is 22.9 Å². The van der Waals surface area contributed by atoms with E-state index in [1.165, 1.54) is 12.6 Å². The minimum absolute atomic E-state index is 0.247. The third-order valence-corrected chi connectivity index (χ3v) is 5.60. The van der Waals surface area contributed by atoms with Crippen LogP contribution in [0.15, 0.2) is 72.1 Å². The van der Waals surface area contributed by atoms with Gasteiger partial charge >= 0.3 is 0 Å². The molecule has 0 aliphatic carbocycles. The minimum Gasteiger partial charge on any atom is -0.365 e. The van der Waals surface area contributed by atoms with Crippen molar-refractivity contribution in [2.75, 3.05) is 11.6 Å². The third kappa shape index (κ3) is 3.86. The van der Waals surface area contributed by atoms with Gasteiger partial charge in [-0.1, -0.05) is 24.3 Å². The summed E-state index contributed by atoms with van der Waals surface area (Å²) in [5.41, 5.74) is 2.95. The van der Waals surface area contributed by atoms with E-state index in [9.17, 15) is 8.42 Å². The van der Waals surface area contributed by atoms with Crippen LogP contribution in [0, 0.1) is 0 Å². The van der Waals surface area contributed by atoms with E-state index in [1.54, 1.807) is 24.4 Å². The minimum atomic E-state index is -3.31. The van der Waals surface area contributed by atoms with E-state index in [1.807, 2.05) is 29.1 Å². The molecule has 0 fully saturated rings. The molecule has 0 atom stereocenters. The lowest BCUT2D eigenvalue weighted by atomic mass is 10.1. The summed E-state index contributed by atoms with van der Waals surface area (Å²) in [5.74, 6) is 0.601. The fourth-order valence-electron chi connectivity index (χ4n) is 3.04. The molecule has 28 heavy (non-hydrogen) atoms. The van der Waals surface area contributed by atoms with Gasteiger partial charge in [0.15, 0.2) is 9.84 Å². The second-order valence-electron chi connectivity index (χ2n) is 6.50. The first-order valence-electron chi connectivity index (χ1n) is 8.73. The Hall–Kier alpha value is -3.26. The van der Waals surface area contributed by atoms with Crippen LogP contribution in [0.5, 0.6) is 0 Å². The number of rotatable bonds is 6. The fourth-order valence-corrected chi connectivity index (χ4v) is 3.69. The van der Waals surface area contributed by atoms with Gasteiger partial charge in [0.2, 0.25) is 0 Å². The summed E-state index contributed by atoms with van der Waals surface area (Å²) in [6.07, 6.45) is 6.35. The van der Waals surface area contributed by atoms with E-state index in [2.05, 4.69) is 32.5 Å². The Bertz CT molecular complexity index is 1220. The maximum Gasteiger partial charge on any atom is 0.175 e. The zero-order chi connectivity index (χ0) is 19.6. The van der Waals surface area contributed by atoms with Gasteiger partial charge in [-0.15, -0.1) is 0 Å². The highest BCUT2D eigenvalue weighted by Gasteiger charge is 2.11. The molecule has 0 unspecified atom stereocenters. The van der Waals surface area contributed by atoms with Crippen molar-refractivity contribution < 1.29 is 8.42 Å². The average Bonchev–Trinajstić information content (AvgIpc) is 3.19. The highest BCUT2D eigenvalue weighted by molar-refractivity contribution is 7.90. The molecule has 0 aliphatic rings. The smallest absolute Gasteiger partial charge is 0.175 e. The van der Waals surface area contributed by atoms with Crippen molar-refractivity contribution in [1.82, 2.24) is 19.7 Å². The Balaban J connectivity index is 1.63. The molecule has 0 amide bonds. The van der Waals surface area contributed by atoms with Crippen LogP contribution >= 0.6 is 0 Å². The molecule has 1 N–H and O–H groups in total. The average molecular weight is 393 g/mol. The summed E-state index contributed by atoms with van der Waals surface area (Å²) >= 11 is 0. The molecule has 8 heteroatoms. The third-order valence-electron chi connectivity index (χ3n) is 4.49. The van der Waals surface area contributed by atoms with E-state index < -0.39 is 9.84 Å². The number of sulfone groups is 1. The first-order valence-corrected chi connectivity index (χ1v) is 10.6. The Kier molecular flexibility index (Phi) is 4.79. The van der Waals surface area contributed by atoms with Gasteiger partial charge in [0.05, 0.1) is 17.0 Å². The molecule has 2 aromatic carbocycles. The molecule has 0 aliphatic heterocycles. The van der Waals surface area contributed by atoms with Crippen molar-refractivity contribution in [1.29, 1.82) is 0 Å². The predicted octanol–water partition coefficient (Wildman–Crippen LogP) is 2.89. The Morgan fingerprint density at radius 1 is 1.04 bits per heavy atom. The van der Waals surface area contributed by atoms with Crippen LogP contribution in [0.1, 0.15) is 11.1 Å². The summed E-state index contributed by atoms with van der Waals surface area (Å²) < 4.78 is 25.7. The van der Waals surface area contributed by atoms with Gasteiger partial charge in [-0.25, -0.2) is 18.4 Å². The molecule has 0 saturated carbocycles. The standard InChI is InChI=1S/C20H19N5O2S/c1-28(26,27)17-7-8-19-18(11-17)20(23-14-22-19)21-12-15-5-2-3-6-16(15)13-25-10-4-9-24-25/h2-11,14H,12-13H2,1H3,(H,21,22,23). The van der Waals surface area contributed by atoms with Crippen molar-refractivity contribution in [3.63, 3.8) is 0 Å². The van der Waals surface area contributed by atoms with Gasteiger partial charge in [0, 0.05) is 30.6 Å². The summed E-state index contributed by atoms with van der Waals surface area (Å²) in [6, 6.07) is 14.9. The van der Waals surface area contributed by atoms with Gasteiger partial charge < -0.3 is 5.32 Å². The zero-order valence-corrected chi connectivity index (χ0v) is 16.1. The highest BCUT2D eigenvalue weighted by atomic mass is 32.2. The maximum absolute atomic E-state index is 11.9. The van der Waals surface area contributed by atoms with Crippen molar-refractivity contribution in [3.05, 3.63) is 78.4 Å². The molecule has 0 spiro atoms. The summed E-state index contributed by atoms with van der Waals surface area (Å²) in [5, 5.41) is 8.27. The van der Waals surface area contributed by atoms with Gasteiger partial charge in [-0.05, 0) is 35.4 Å². The van der Waals surface area contributed by atoms with E-state index in [0.29, 0.717) is 29.8 Å². The van der Waals surface area contributed by atoms with Gasteiger partial charge in [-0.3, -0.25) is 4.68 Å². The number of hydrogen-bond acceptors (Lipinski definition) is 6. The maximum atomic E-state index is 11.9. The molecule has 2 aromatic heterocycles. The van der Waals surface area contributed by atoms with Crippen LogP contribution < -0.4 is 5.32 Å². The number of nitrogens with one attached hydrogen (secondary N) is 1. The number of anilines is 1. The Morgan fingerprint density at radius 3 is 2.61 bits per heavy atom. The predicted molar refractivity (Wildman–Crippen MR) is 108 cm³/mol. The lowest BCUT2D eigenvalue weighted by Gasteiger charge is -2.13. The fraction of sp³-hybridized carbons (Fsp3) is 0.150. The number of benzene rings is 2. The topological polar surface area (TPSA) is 89.8 Å². The molecular formula is C20H19N5O2S. The molecule has 4 rings (SSSR count). The van der Waals surface area contributed by atoms with E-state index in [4.69, 9.17) is 0 Å². The van der Waals surface area contributed by atoms with Crippen molar-refractivity contribution >= 4 is 26.6 Å². The van der Waals surface area contributed by atoms with Gasteiger partial charge in [0.25, 0.3) is 0 Å². The molecule has 7 nitrogen and oxygen atoms in total. The monoisotopic (exact) mass is 393 g/mol. The number of aromatic nitrogens is 4. The zero-order valence-electron chi connectivity index (χ0n) is 15.3. The van der Waals surface area contributed by atoms with E-state index in [0.717, 1.165) is 11.1 Å². The molecular weight excluding hydrogens is 374 g/mol. The SMILES string of the molecule is CS(=O)(=O)c1ccc2ncnc(NCc3ccccc3Cn3cccn3)c2c1. The molecule has 2 heterocycles. The molecule has 0 saturated heterocycles. The highest BCUT2D eigenvalue weighted by Crippen LogP contribution is 2.24. The van der Waals surface area contributed by atoms with Crippen LogP contribution in [0.4, 0.5) is 5.82 Å². The van der Waals surface area contributed by atoms with Crippen molar-refractivity contribution in [3.8, 4) is 0 Å². The summed E-state index contributed by atoms with van der Waals surface area (Å²) in [4.78, 5) is 8.79. The summed E-state index contributed by atoms with van der Waals surface area (Å²) in [7, 11) is -3.31. The Labute approximate surface area is 163 Å². The normalized spacial score (nSPS) is 11.6. The van der Waals surface area contributed by atoms with Crippen molar-refractivity contribution in [2.45, 2.75) is 18.0 Å². The molecule has 0 bridgehead atoms. The van der Waals surface area contributed by atoms with Gasteiger partial charge in [0.1, 0.15) is 12.1 Å². The largest absolute Gasteiger partial charge is 0.365 e. The summed E-state index contributed by atoms with van der Waals surface area (Å²) in [6.45, 7) is 1.22. The number of hydrogen-bond donors (Lipinski definition) is 1. The molecule has 4 aromatic rings. The number of nitrogens with zero attached hydrogens (tertiary/aromatic N) is 4. The van der Waals surface area contributed by atoms with E-state index >= 15 is 0 Å². The van der Waals surface area contributed by atoms with Crippen LogP contribution in [0.25, 0.3) is 10.9 Å². The van der Waals surface area contributed by atoms with Crippen molar-refractivity contribution in [2.24, 2.45) is 0 Å². The molecule has 142 valence electrons. The quantitative estimate of drug-likeness (QED) is 0.542. The van der Waals surface area contributed by atoms with Crippen LogP contribution in [0.3, 0.4) is 0 Å². The number of fused-ring (bicyclic) bond motifs is 1. The first kappa shape index (κ1) is 18.1. The Morgan fingerprint density at radius 2 is 1.86 bits per heavy atom. The lowest BCUT2D eigenvalue weighted by Crippen LogP contribution is -2.08. The second kappa shape index (κ2) is 7.40. The second-order valence-corrected chi connectivity index (χ2v) is 8.52. The van der Waals surface area contributed by atoms with Gasteiger partial charge in [-0.2, -0.15) is 5.10 Å². The first-order chi connectivity index (χ1) is 13.5. The lowest BCUT2D eigenvalue weighted by molar-refractivity contribution is 0.602. The van der Waals surface area contributed by atoms with Crippen LogP contribution in [0.2, 0.25) is 0 Å². The molecule has 0 radical (unpaired) electrons. The van der Waals surface area contributed by atoms with Crippen LogP contribution in [-0.4, -0.2) is 34.4 Å². The van der Waals surface area contributed by atoms with E-state index in [-0.39, 0.29) is 4.90 Å².